The number of likely N-dealkylation sites (tertiary alicyclic amines) is 1. The Kier molecular flexibility index (Phi) is 4.62. The molecule has 2 aromatic rings. The molecule has 6 nitrogen and oxygen atoms in total. The Morgan fingerprint density at radius 3 is 2.90 bits per heavy atom. The molecule has 0 saturated carbocycles. The highest BCUT2D eigenvalue weighted by Crippen LogP contribution is 2.25. The Morgan fingerprint density at radius 1 is 1.33 bits per heavy atom. The van der Waals surface area contributed by atoms with E-state index >= 15 is 0 Å². The van der Waals surface area contributed by atoms with Gasteiger partial charge >= 0.3 is 0 Å². The molecular formula is C14H18BrN5O. The quantitative estimate of drug-likeness (QED) is 0.910. The minimum Gasteiger partial charge on any atom is -0.332 e. The van der Waals surface area contributed by atoms with Crippen LogP contribution < -0.4 is 5.73 Å². The summed E-state index contributed by atoms with van der Waals surface area (Å²) >= 11 is 3.43. The van der Waals surface area contributed by atoms with Crippen LogP contribution in [0.4, 0.5) is 0 Å². The molecule has 7 heteroatoms. The van der Waals surface area contributed by atoms with Crippen molar-refractivity contribution >= 4 is 15.9 Å². The Bertz CT molecular complexity index is 597. The summed E-state index contributed by atoms with van der Waals surface area (Å²) in [7, 11) is 0. The first-order valence-corrected chi connectivity index (χ1v) is 7.96. The maximum Gasteiger partial charge on any atom is 0.277 e. The highest BCUT2D eigenvalue weighted by atomic mass is 79.9. The summed E-state index contributed by atoms with van der Waals surface area (Å²) in [6, 6.07) is 3.50. The van der Waals surface area contributed by atoms with E-state index < -0.39 is 0 Å². The standard InChI is InChI=1S/C14H18BrN5O/c15-10-5-4-6-17-12(10)14-18-13(19-21-14)11(16)9-20-7-2-1-3-8-20/h4-6,11H,1-3,7-9,16H2. The van der Waals surface area contributed by atoms with Crippen molar-refractivity contribution in [2.75, 3.05) is 19.6 Å². The van der Waals surface area contributed by atoms with E-state index in [9.17, 15) is 0 Å². The lowest BCUT2D eigenvalue weighted by Gasteiger charge is -2.27. The van der Waals surface area contributed by atoms with E-state index in [0.29, 0.717) is 17.4 Å². The predicted molar refractivity (Wildman–Crippen MR) is 82.4 cm³/mol. The number of hydrogen-bond donors (Lipinski definition) is 1. The zero-order chi connectivity index (χ0) is 14.7. The smallest absolute Gasteiger partial charge is 0.277 e. The van der Waals surface area contributed by atoms with Gasteiger partial charge in [-0.25, -0.2) is 4.98 Å². The number of rotatable bonds is 4. The third kappa shape index (κ3) is 3.48. The third-order valence-corrected chi connectivity index (χ3v) is 4.28. The van der Waals surface area contributed by atoms with E-state index in [0.717, 1.165) is 24.1 Å². The molecule has 1 fully saturated rings. The molecular weight excluding hydrogens is 334 g/mol. The van der Waals surface area contributed by atoms with E-state index in [1.165, 1.54) is 19.3 Å². The maximum atomic E-state index is 6.20. The maximum absolute atomic E-state index is 6.20. The lowest BCUT2D eigenvalue weighted by molar-refractivity contribution is 0.213. The summed E-state index contributed by atoms with van der Waals surface area (Å²) in [5.74, 6) is 0.930. The van der Waals surface area contributed by atoms with Gasteiger partial charge in [-0.15, -0.1) is 0 Å². The monoisotopic (exact) mass is 351 g/mol. The number of pyridine rings is 1. The van der Waals surface area contributed by atoms with Crippen LogP contribution in [0.25, 0.3) is 11.6 Å². The first-order valence-electron chi connectivity index (χ1n) is 7.16. The van der Waals surface area contributed by atoms with Gasteiger partial charge in [0.05, 0.1) is 6.04 Å². The Morgan fingerprint density at radius 2 is 2.14 bits per heavy atom. The first kappa shape index (κ1) is 14.6. The van der Waals surface area contributed by atoms with E-state index in [1.54, 1.807) is 6.20 Å². The molecule has 1 unspecified atom stereocenters. The fourth-order valence-electron chi connectivity index (χ4n) is 2.53. The second-order valence-electron chi connectivity index (χ2n) is 5.26. The molecule has 1 saturated heterocycles. The normalized spacial score (nSPS) is 17.8. The van der Waals surface area contributed by atoms with Gasteiger partial charge < -0.3 is 15.2 Å². The number of piperidine rings is 1. The van der Waals surface area contributed by atoms with Gasteiger partial charge in [-0.2, -0.15) is 4.98 Å². The molecule has 0 aromatic carbocycles. The minimum atomic E-state index is -0.233. The van der Waals surface area contributed by atoms with Crippen molar-refractivity contribution in [2.45, 2.75) is 25.3 Å². The number of nitrogens with two attached hydrogens (primary N) is 1. The summed E-state index contributed by atoms with van der Waals surface area (Å²) in [6.45, 7) is 2.97. The first-order chi connectivity index (χ1) is 10.2. The predicted octanol–water partition coefficient (Wildman–Crippen LogP) is 2.38. The summed E-state index contributed by atoms with van der Waals surface area (Å²) in [5.41, 5.74) is 6.84. The van der Waals surface area contributed by atoms with E-state index in [-0.39, 0.29) is 6.04 Å². The number of aromatic nitrogens is 3. The lowest BCUT2D eigenvalue weighted by atomic mass is 10.1. The van der Waals surface area contributed by atoms with Crippen molar-refractivity contribution in [3.63, 3.8) is 0 Å². The van der Waals surface area contributed by atoms with Crippen LogP contribution in [0.1, 0.15) is 31.1 Å². The summed E-state index contributed by atoms with van der Waals surface area (Å²) in [5, 5.41) is 4.00. The highest BCUT2D eigenvalue weighted by Gasteiger charge is 2.20. The van der Waals surface area contributed by atoms with Crippen LogP contribution in [-0.2, 0) is 0 Å². The Labute approximate surface area is 131 Å². The molecule has 3 heterocycles. The molecule has 0 radical (unpaired) electrons. The number of halogens is 1. The van der Waals surface area contributed by atoms with Gasteiger partial charge in [-0.1, -0.05) is 11.6 Å². The second kappa shape index (κ2) is 6.64. The second-order valence-corrected chi connectivity index (χ2v) is 6.11. The Balaban J connectivity index is 1.71. The molecule has 1 aliphatic rings. The summed E-state index contributed by atoms with van der Waals surface area (Å²) < 4.78 is 6.11. The zero-order valence-electron chi connectivity index (χ0n) is 11.7. The number of hydrogen-bond acceptors (Lipinski definition) is 6. The average Bonchev–Trinajstić information content (AvgIpc) is 2.98. The fraction of sp³-hybridized carbons (Fsp3) is 0.500. The molecule has 0 aliphatic carbocycles. The van der Waals surface area contributed by atoms with Crippen molar-refractivity contribution in [1.82, 2.24) is 20.0 Å². The molecule has 0 spiro atoms. The van der Waals surface area contributed by atoms with Gasteiger partial charge in [0.25, 0.3) is 5.89 Å². The SMILES string of the molecule is NC(CN1CCCCC1)c1noc(-c2ncccc2Br)n1. The van der Waals surface area contributed by atoms with Crippen molar-refractivity contribution in [3.05, 3.63) is 28.6 Å². The van der Waals surface area contributed by atoms with Gasteiger partial charge in [0.15, 0.2) is 5.82 Å². The van der Waals surface area contributed by atoms with Gasteiger partial charge in [0.1, 0.15) is 5.69 Å². The van der Waals surface area contributed by atoms with Gasteiger partial charge in [-0.05, 0) is 54.0 Å². The third-order valence-electron chi connectivity index (χ3n) is 3.64. The highest BCUT2D eigenvalue weighted by molar-refractivity contribution is 9.10. The topological polar surface area (TPSA) is 81.1 Å². The van der Waals surface area contributed by atoms with E-state index in [1.807, 2.05) is 12.1 Å². The summed E-state index contributed by atoms with van der Waals surface area (Å²) in [6.07, 6.45) is 5.49. The molecule has 1 aliphatic heterocycles. The molecule has 2 N–H and O–H groups in total. The molecule has 1 atom stereocenters. The van der Waals surface area contributed by atoms with Crippen LogP contribution in [0.5, 0.6) is 0 Å². The zero-order valence-corrected chi connectivity index (χ0v) is 13.3. The van der Waals surface area contributed by atoms with Crippen molar-refractivity contribution in [3.8, 4) is 11.6 Å². The lowest BCUT2D eigenvalue weighted by Crippen LogP contribution is -2.36. The molecule has 3 rings (SSSR count). The van der Waals surface area contributed by atoms with Crippen LogP contribution >= 0.6 is 15.9 Å². The van der Waals surface area contributed by atoms with Crippen LogP contribution in [0.15, 0.2) is 27.3 Å². The average molecular weight is 352 g/mol. The van der Waals surface area contributed by atoms with Crippen LogP contribution in [-0.4, -0.2) is 39.7 Å². The van der Waals surface area contributed by atoms with Crippen LogP contribution in [0.3, 0.4) is 0 Å². The molecule has 2 aromatic heterocycles. The van der Waals surface area contributed by atoms with Crippen LogP contribution in [0, 0.1) is 0 Å². The molecule has 0 bridgehead atoms. The van der Waals surface area contributed by atoms with Crippen molar-refractivity contribution in [2.24, 2.45) is 5.73 Å². The fourth-order valence-corrected chi connectivity index (χ4v) is 2.95. The summed E-state index contributed by atoms with van der Waals surface area (Å²) in [4.78, 5) is 11.0. The number of nitrogens with zero attached hydrogens (tertiary/aromatic N) is 4. The molecule has 112 valence electrons. The van der Waals surface area contributed by atoms with Crippen molar-refractivity contribution < 1.29 is 4.52 Å². The minimum absolute atomic E-state index is 0.233. The molecule has 0 amide bonds. The Hall–Kier alpha value is -1.31. The largest absolute Gasteiger partial charge is 0.332 e. The van der Waals surface area contributed by atoms with Crippen LogP contribution in [0.2, 0.25) is 0 Å². The molecule has 21 heavy (non-hydrogen) atoms. The van der Waals surface area contributed by atoms with E-state index in [4.69, 9.17) is 10.3 Å². The van der Waals surface area contributed by atoms with Gasteiger partial charge in [0, 0.05) is 17.2 Å². The van der Waals surface area contributed by atoms with Crippen molar-refractivity contribution in [1.29, 1.82) is 0 Å². The van der Waals surface area contributed by atoms with E-state index in [2.05, 4.69) is 36.0 Å². The van der Waals surface area contributed by atoms with Gasteiger partial charge in [-0.3, -0.25) is 0 Å². The van der Waals surface area contributed by atoms with Gasteiger partial charge in [0.2, 0.25) is 0 Å².